The highest BCUT2D eigenvalue weighted by Gasteiger charge is 2.22. The minimum absolute atomic E-state index is 0.148. The number of furan rings is 1. The summed E-state index contributed by atoms with van der Waals surface area (Å²) in [6.45, 7) is 3.31. The fourth-order valence-electron chi connectivity index (χ4n) is 1.53. The molecule has 0 spiro atoms. The van der Waals surface area contributed by atoms with Crippen molar-refractivity contribution in [1.29, 1.82) is 0 Å². The zero-order valence-corrected chi connectivity index (χ0v) is 10.9. The number of fused-ring (bicyclic) bond motifs is 1. The predicted molar refractivity (Wildman–Crippen MR) is 69.9 cm³/mol. The van der Waals surface area contributed by atoms with Gasteiger partial charge in [0.25, 0.3) is 5.91 Å². The van der Waals surface area contributed by atoms with Crippen LogP contribution in [-0.2, 0) is 0 Å². The van der Waals surface area contributed by atoms with Crippen LogP contribution in [0, 0.1) is 0 Å². The molecule has 2 aromatic rings. The van der Waals surface area contributed by atoms with Crippen molar-refractivity contribution in [3.8, 4) is 0 Å². The fraction of sp³-hybridized carbons (Fsp3) is 0.308. The molecule has 2 N–H and O–H groups in total. The number of halogens is 1. The second-order valence-electron chi connectivity index (χ2n) is 4.79. The minimum Gasteiger partial charge on any atom is -0.451 e. The number of rotatable bonds is 3. The van der Waals surface area contributed by atoms with E-state index in [-0.39, 0.29) is 18.3 Å². The number of aliphatic hydroxyl groups is 1. The summed E-state index contributed by atoms with van der Waals surface area (Å²) < 4.78 is 5.42. The summed E-state index contributed by atoms with van der Waals surface area (Å²) in [6, 6.07) is 6.77. The molecule has 4 nitrogen and oxygen atoms in total. The van der Waals surface area contributed by atoms with Crippen LogP contribution < -0.4 is 5.32 Å². The summed E-state index contributed by atoms with van der Waals surface area (Å²) in [7, 11) is 0. The smallest absolute Gasteiger partial charge is 0.287 e. The molecule has 1 amide bonds. The van der Waals surface area contributed by atoms with E-state index in [1.54, 1.807) is 38.1 Å². The number of hydrogen-bond donors (Lipinski definition) is 2. The van der Waals surface area contributed by atoms with Crippen molar-refractivity contribution in [2.24, 2.45) is 0 Å². The molecule has 0 aliphatic carbocycles. The lowest BCUT2D eigenvalue weighted by atomic mass is 10.1. The van der Waals surface area contributed by atoms with Gasteiger partial charge in [0.15, 0.2) is 5.76 Å². The van der Waals surface area contributed by atoms with Gasteiger partial charge in [0.1, 0.15) is 5.58 Å². The summed E-state index contributed by atoms with van der Waals surface area (Å²) >= 11 is 5.86. The monoisotopic (exact) mass is 267 g/mol. The maximum absolute atomic E-state index is 11.9. The third-order valence-electron chi connectivity index (χ3n) is 2.55. The zero-order valence-electron chi connectivity index (χ0n) is 10.2. The van der Waals surface area contributed by atoms with Gasteiger partial charge in [-0.1, -0.05) is 11.6 Å². The SMILES string of the molecule is CC(C)(CO)NC(=O)c1cc2cc(Cl)ccc2o1. The molecule has 96 valence electrons. The second-order valence-corrected chi connectivity index (χ2v) is 5.23. The maximum atomic E-state index is 11.9. The number of carbonyl (C=O) groups is 1. The molecule has 2 rings (SSSR count). The Morgan fingerprint density at radius 3 is 2.83 bits per heavy atom. The van der Waals surface area contributed by atoms with Crippen LogP contribution in [0.25, 0.3) is 11.0 Å². The Kier molecular flexibility index (Phi) is 3.32. The predicted octanol–water partition coefficient (Wildman–Crippen LogP) is 2.59. The van der Waals surface area contributed by atoms with Crippen molar-refractivity contribution >= 4 is 28.5 Å². The molecule has 1 aromatic heterocycles. The van der Waals surface area contributed by atoms with Gasteiger partial charge < -0.3 is 14.8 Å². The van der Waals surface area contributed by atoms with Crippen LogP contribution in [0.4, 0.5) is 0 Å². The van der Waals surface area contributed by atoms with Gasteiger partial charge in [0, 0.05) is 10.4 Å². The molecule has 0 atom stereocenters. The molecule has 0 saturated carbocycles. The molecular formula is C13H14ClNO3. The van der Waals surface area contributed by atoms with Crippen molar-refractivity contribution in [3.63, 3.8) is 0 Å². The maximum Gasteiger partial charge on any atom is 0.287 e. The zero-order chi connectivity index (χ0) is 13.3. The molecule has 1 heterocycles. The average molecular weight is 268 g/mol. The molecule has 0 unspecified atom stereocenters. The van der Waals surface area contributed by atoms with E-state index in [9.17, 15) is 4.79 Å². The van der Waals surface area contributed by atoms with E-state index in [0.717, 1.165) is 5.39 Å². The first-order chi connectivity index (χ1) is 8.41. The highest BCUT2D eigenvalue weighted by Crippen LogP contribution is 2.23. The van der Waals surface area contributed by atoms with E-state index in [0.29, 0.717) is 10.6 Å². The molecular weight excluding hydrogens is 254 g/mol. The van der Waals surface area contributed by atoms with Crippen LogP contribution >= 0.6 is 11.6 Å². The van der Waals surface area contributed by atoms with Gasteiger partial charge in [0.2, 0.25) is 0 Å². The third kappa shape index (κ3) is 2.66. The first-order valence-electron chi connectivity index (χ1n) is 5.54. The fourth-order valence-corrected chi connectivity index (χ4v) is 1.72. The highest BCUT2D eigenvalue weighted by molar-refractivity contribution is 6.31. The molecule has 0 aliphatic rings. The Morgan fingerprint density at radius 2 is 2.17 bits per heavy atom. The van der Waals surface area contributed by atoms with Crippen molar-refractivity contribution < 1.29 is 14.3 Å². The number of nitrogens with one attached hydrogen (secondary N) is 1. The minimum atomic E-state index is -0.687. The number of hydrogen-bond acceptors (Lipinski definition) is 3. The highest BCUT2D eigenvalue weighted by atomic mass is 35.5. The molecule has 0 fully saturated rings. The Hall–Kier alpha value is -1.52. The molecule has 0 saturated heterocycles. The summed E-state index contributed by atoms with van der Waals surface area (Å²) in [5, 5.41) is 13.1. The first kappa shape index (κ1) is 12.9. The van der Waals surface area contributed by atoms with Gasteiger partial charge in [-0.25, -0.2) is 0 Å². The van der Waals surface area contributed by atoms with Crippen LogP contribution in [0.1, 0.15) is 24.4 Å². The average Bonchev–Trinajstić information content (AvgIpc) is 2.71. The molecule has 18 heavy (non-hydrogen) atoms. The molecule has 1 aromatic carbocycles. The lowest BCUT2D eigenvalue weighted by Gasteiger charge is -2.22. The van der Waals surface area contributed by atoms with Crippen molar-refractivity contribution in [3.05, 3.63) is 35.0 Å². The van der Waals surface area contributed by atoms with E-state index >= 15 is 0 Å². The lowest BCUT2D eigenvalue weighted by Crippen LogP contribution is -2.46. The van der Waals surface area contributed by atoms with Gasteiger partial charge in [-0.05, 0) is 38.1 Å². The number of carbonyl (C=O) groups excluding carboxylic acids is 1. The van der Waals surface area contributed by atoms with E-state index in [4.69, 9.17) is 21.1 Å². The van der Waals surface area contributed by atoms with Gasteiger partial charge in [-0.3, -0.25) is 4.79 Å². The summed E-state index contributed by atoms with van der Waals surface area (Å²) in [4.78, 5) is 11.9. The van der Waals surface area contributed by atoms with Crippen molar-refractivity contribution in [2.45, 2.75) is 19.4 Å². The number of benzene rings is 1. The summed E-state index contributed by atoms with van der Waals surface area (Å²) in [5.41, 5.74) is -0.0837. The van der Waals surface area contributed by atoms with Crippen LogP contribution in [0.3, 0.4) is 0 Å². The Balaban J connectivity index is 2.28. The van der Waals surface area contributed by atoms with Crippen LogP contribution in [0.2, 0.25) is 5.02 Å². The van der Waals surface area contributed by atoms with Crippen LogP contribution in [-0.4, -0.2) is 23.2 Å². The van der Waals surface area contributed by atoms with E-state index < -0.39 is 5.54 Å². The summed E-state index contributed by atoms with van der Waals surface area (Å²) in [5.74, 6) is -0.157. The van der Waals surface area contributed by atoms with Gasteiger partial charge in [-0.15, -0.1) is 0 Å². The quantitative estimate of drug-likeness (QED) is 0.898. The normalized spacial score (nSPS) is 11.8. The van der Waals surface area contributed by atoms with E-state index in [1.807, 2.05) is 0 Å². The Morgan fingerprint density at radius 1 is 1.44 bits per heavy atom. The topological polar surface area (TPSA) is 62.5 Å². The molecule has 0 radical (unpaired) electrons. The van der Waals surface area contributed by atoms with Crippen molar-refractivity contribution in [2.75, 3.05) is 6.61 Å². The number of aliphatic hydroxyl groups excluding tert-OH is 1. The molecule has 0 aliphatic heterocycles. The van der Waals surface area contributed by atoms with Crippen LogP contribution in [0.5, 0.6) is 0 Å². The van der Waals surface area contributed by atoms with Gasteiger partial charge in [-0.2, -0.15) is 0 Å². The van der Waals surface area contributed by atoms with E-state index in [1.165, 1.54) is 0 Å². The van der Waals surface area contributed by atoms with Gasteiger partial charge >= 0.3 is 0 Å². The summed E-state index contributed by atoms with van der Waals surface area (Å²) in [6.07, 6.45) is 0. The largest absolute Gasteiger partial charge is 0.451 e. The van der Waals surface area contributed by atoms with Gasteiger partial charge in [0.05, 0.1) is 12.1 Å². The first-order valence-corrected chi connectivity index (χ1v) is 5.91. The number of amides is 1. The van der Waals surface area contributed by atoms with Crippen LogP contribution in [0.15, 0.2) is 28.7 Å². The standard InChI is InChI=1S/C13H14ClNO3/c1-13(2,7-16)15-12(17)11-6-8-5-9(14)3-4-10(8)18-11/h3-6,16H,7H2,1-2H3,(H,15,17). The Bertz CT molecular complexity index is 589. The Labute approximate surface area is 110 Å². The van der Waals surface area contributed by atoms with E-state index in [2.05, 4.69) is 5.32 Å². The molecule has 0 bridgehead atoms. The second kappa shape index (κ2) is 4.63. The third-order valence-corrected chi connectivity index (χ3v) is 2.78. The van der Waals surface area contributed by atoms with Crippen molar-refractivity contribution in [1.82, 2.24) is 5.32 Å². The lowest BCUT2D eigenvalue weighted by molar-refractivity contribution is 0.0843. The molecule has 5 heteroatoms.